The number of rotatable bonds is 4. The summed E-state index contributed by atoms with van der Waals surface area (Å²) in [5.41, 5.74) is 0.884. The van der Waals surface area contributed by atoms with Crippen molar-refractivity contribution in [2.45, 2.75) is 37.5 Å². The molecule has 2 rings (SSSR count). The van der Waals surface area contributed by atoms with Crippen molar-refractivity contribution in [2.75, 3.05) is 14.2 Å². The van der Waals surface area contributed by atoms with Crippen molar-refractivity contribution in [3.63, 3.8) is 0 Å². The highest BCUT2D eigenvalue weighted by atomic mass is 16.5. The summed E-state index contributed by atoms with van der Waals surface area (Å²) in [6.07, 6.45) is 4.47. The van der Waals surface area contributed by atoms with Crippen molar-refractivity contribution in [1.82, 2.24) is 9.88 Å². The van der Waals surface area contributed by atoms with Crippen LogP contribution in [0.1, 0.15) is 18.4 Å². The van der Waals surface area contributed by atoms with Gasteiger partial charge < -0.3 is 14.7 Å². The number of nitrogens with zero attached hydrogens (tertiary/aromatic N) is 2. The second-order valence-electron chi connectivity index (χ2n) is 4.95. The van der Waals surface area contributed by atoms with E-state index in [4.69, 9.17) is 4.74 Å². The van der Waals surface area contributed by atoms with E-state index in [-0.39, 0.29) is 18.1 Å². The molecule has 0 spiro atoms. The summed E-state index contributed by atoms with van der Waals surface area (Å²) in [4.78, 5) is 17.8. The predicted octanol–water partition coefficient (Wildman–Crippen LogP) is 0.621. The fourth-order valence-corrected chi connectivity index (χ4v) is 2.59. The molecule has 0 bridgehead atoms. The zero-order valence-corrected chi connectivity index (χ0v) is 11.3. The van der Waals surface area contributed by atoms with Crippen LogP contribution in [0.4, 0.5) is 0 Å². The van der Waals surface area contributed by atoms with Crippen molar-refractivity contribution < 1.29 is 14.6 Å². The van der Waals surface area contributed by atoms with Crippen LogP contribution in [0, 0.1) is 0 Å². The maximum atomic E-state index is 12.2. The monoisotopic (exact) mass is 264 g/mol. The smallest absolute Gasteiger partial charge is 0.227 e. The molecule has 5 nitrogen and oxygen atoms in total. The summed E-state index contributed by atoms with van der Waals surface area (Å²) < 4.78 is 5.20. The molecule has 1 aliphatic rings. The predicted molar refractivity (Wildman–Crippen MR) is 70.5 cm³/mol. The van der Waals surface area contributed by atoms with E-state index in [2.05, 4.69) is 4.98 Å². The van der Waals surface area contributed by atoms with Crippen LogP contribution in [0.3, 0.4) is 0 Å². The SMILES string of the molecule is CO[C@@H]1CC[C@@H](N(C)C(=O)Cc2cccnc2)[C@H]1O. The fraction of sp³-hybridized carbons (Fsp3) is 0.571. The number of hydrogen-bond acceptors (Lipinski definition) is 4. The molecule has 0 aromatic carbocycles. The summed E-state index contributed by atoms with van der Waals surface area (Å²) in [7, 11) is 3.33. The van der Waals surface area contributed by atoms with Gasteiger partial charge in [0.05, 0.1) is 18.6 Å². The highest BCUT2D eigenvalue weighted by molar-refractivity contribution is 5.78. The van der Waals surface area contributed by atoms with Crippen molar-refractivity contribution in [3.05, 3.63) is 30.1 Å². The first-order valence-corrected chi connectivity index (χ1v) is 6.49. The molecular formula is C14H20N2O3. The summed E-state index contributed by atoms with van der Waals surface area (Å²) >= 11 is 0. The third kappa shape index (κ3) is 3.11. The summed E-state index contributed by atoms with van der Waals surface area (Å²) in [6, 6.07) is 3.53. The maximum Gasteiger partial charge on any atom is 0.227 e. The van der Waals surface area contributed by atoms with E-state index in [1.165, 1.54) is 0 Å². The molecule has 1 aliphatic carbocycles. The second kappa shape index (κ2) is 6.12. The summed E-state index contributed by atoms with van der Waals surface area (Å²) in [6.45, 7) is 0. The molecule has 1 fully saturated rings. The van der Waals surface area contributed by atoms with Gasteiger partial charge in [0.25, 0.3) is 0 Å². The Morgan fingerprint density at radius 3 is 2.95 bits per heavy atom. The van der Waals surface area contributed by atoms with Gasteiger partial charge in [-0.1, -0.05) is 6.07 Å². The van der Waals surface area contributed by atoms with E-state index >= 15 is 0 Å². The number of carbonyl (C=O) groups is 1. The summed E-state index contributed by atoms with van der Waals surface area (Å²) in [5, 5.41) is 10.1. The Balaban J connectivity index is 1.96. The lowest BCUT2D eigenvalue weighted by atomic mass is 10.1. The average molecular weight is 264 g/mol. The van der Waals surface area contributed by atoms with Gasteiger partial charge in [-0.05, 0) is 24.5 Å². The number of methoxy groups -OCH3 is 1. The van der Waals surface area contributed by atoms with Crippen LogP contribution in [0.25, 0.3) is 0 Å². The molecule has 3 atom stereocenters. The fourth-order valence-electron chi connectivity index (χ4n) is 2.59. The Morgan fingerprint density at radius 1 is 1.58 bits per heavy atom. The first-order valence-electron chi connectivity index (χ1n) is 6.49. The number of aliphatic hydroxyl groups is 1. The van der Waals surface area contributed by atoms with Crippen LogP contribution in [0.5, 0.6) is 0 Å². The number of likely N-dealkylation sites (N-methyl/N-ethyl adjacent to an activating group) is 1. The van der Waals surface area contributed by atoms with Gasteiger partial charge in [-0.2, -0.15) is 0 Å². The van der Waals surface area contributed by atoms with E-state index in [1.807, 2.05) is 12.1 Å². The van der Waals surface area contributed by atoms with Crippen LogP contribution in [0.15, 0.2) is 24.5 Å². The molecule has 1 N–H and O–H groups in total. The van der Waals surface area contributed by atoms with E-state index < -0.39 is 6.10 Å². The van der Waals surface area contributed by atoms with Gasteiger partial charge in [-0.3, -0.25) is 9.78 Å². The molecule has 1 heterocycles. The largest absolute Gasteiger partial charge is 0.388 e. The van der Waals surface area contributed by atoms with E-state index in [9.17, 15) is 9.90 Å². The number of amides is 1. The molecule has 19 heavy (non-hydrogen) atoms. The molecule has 0 aliphatic heterocycles. The van der Waals surface area contributed by atoms with Gasteiger partial charge in [0.2, 0.25) is 5.91 Å². The lowest BCUT2D eigenvalue weighted by Gasteiger charge is -2.28. The zero-order valence-electron chi connectivity index (χ0n) is 11.3. The van der Waals surface area contributed by atoms with Gasteiger partial charge in [0, 0.05) is 26.6 Å². The van der Waals surface area contributed by atoms with Gasteiger partial charge in [-0.15, -0.1) is 0 Å². The van der Waals surface area contributed by atoms with Crippen LogP contribution < -0.4 is 0 Å². The van der Waals surface area contributed by atoms with E-state index in [1.54, 1.807) is 31.5 Å². The lowest BCUT2D eigenvalue weighted by Crippen LogP contribution is -2.45. The second-order valence-corrected chi connectivity index (χ2v) is 4.95. The molecule has 1 aromatic rings. The molecular weight excluding hydrogens is 244 g/mol. The number of aromatic nitrogens is 1. The summed E-state index contributed by atoms with van der Waals surface area (Å²) in [5.74, 6) is -0.00574. The molecule has 104 valence electrons. The van der Waals surface area contributed by atoms with Crippen molar-refractivity contribution in [1.29, 1.82) is 0 Å². The quantitative estimate of drug-likeness (QED) is 0.866. The molecule has 1 saturated carbocycles. The highest BCUT2D eigenvalue weighted by Gasteiger charge is 2.38. The Morgan fingerprint density at radius 2 is 2.37 bits per heavy atom. The lowest BCUT2D eigenvalue weighted by molar-refractivity contribution is -0.134. The van der Waals surface area contributed by atoms with Gasteiger partial charge in [0.15, 0.2) is 0 Å². The minimum Gasteiger partial charge on any atom is -0.388 e. The number of ether oxygens (including phenoxy) is 1. The molecule has 1 amide bonds. The van der Waals surface area contributed by atoms with E-state index in [0.29, 0.717) is 6.42 Å². The number of pyridine rings is 1. The third-order valence-corrected chi connectivity index (χ3v) is 3.79. The minimum absolute atomic E-state index is 0.00574. The van der Waals surface area contributed by atoms with E-state index in [0.717, 1.165) is 18.4 Å². The van der Waals surface area contributed by atoms with Gasteiger partial charge >= 0.3 is 0 Å². The van der Waals surface area contributed by atoms with Crippen LogP contribution in [-0.4, -0.2) is 53.3 Å². The number of hydrogen-bond donors (Lipinski definition) is 1. The first kappa shape index (κ1) is 14.0. The topological polar surface area (TPSA) is 62.7 Å². The third-order valence-electron chi connectivity index (χ3n) is 3.79. The Hall–Kier alpha value is -1.46. The van der Waals surface area contributed by atoms with Crippen LogP contribution in [0.2, 0.25) is 0 Å². The minimum atomic E-state index is -0.604. The Kier molecular flexibility index (Phi) is 4.50. The maximum absolute atomic E-state index is 12.2. The molecule has 0 saturated heterocycles. The molecule has 5 heteroatoms. The molecule has 0 radical (unpaired) electrons. The Labute approximate surface area is 113 Å². The highest BCUT2D eigenvalue weighted by Crippen LogP contribution is 2.26. The van der Waals surface area contributed by atoms with Gasteiger partial charge in [-0.25, -0.2) is 0 Å². The van der Waals surface area contributed by atoms with Crippen molar-refractivity contribution in [2.24, 2.45) is 0 Å². The normalized spacial score (nSPS) is 26.4. The zero-order chi connectivity index (χ0) is 13.8. The Bertz CT molecular complexity index is 424. The van der Waals surface area contributed by atoms with Crippen molar-refractivity contribution >= 4 is 5.91 Å². The average Bonchev–Trinajstić information content (AvgIpc) is 2.80. The van der Waals surface area contributed by atoms with Crippen LogP contribution in [-0.2, 0) is 16.0 Å². The van der Waals surface area contributed by atoms with Crippen LogP contribution >= 0.6 is 0 Å². The number of aliphatic hydroxyl groups excluding tert-OH is 1. The first-order chi connectivity index (χ1) is 9.13. The molecule has 1 aromatic heterocycles. The standard InChI is InChI=1S/C14H20N2O3/c1-16(11-5-6-12(19-2)14(11)18)13(17)8-10-4-3-7-15-9-10/h3-4,7,9,11-12,14,18H,5-6,8H2,1-2H3/t11-,12-,14-/m1/s1. The number of carbonyl (C=O) groups excluding carboxylic acids is 1. The van der Waals surface area contributed by atoms with Crippen molar-refractivity contribution in [3.8, 4) is 0 Å². The van der Waals surface area contributed by atoms with Gasteiger partial charge in [0.1, 0.15) is 6.10 Å². The molecule has 0 unspecified atom stereocenters.